The van der Waals surface area contributed by atoms with Crippen molar-refractivity contribution in [3.63, 3.8) is 0 Å². The molecule has 4 nitrogen and oxygen atoms in total. The summed E-state index contributed by atoms with van der Waals surface area (Å²) in [6, 6.07) is 12.5. The van der Waals surface area contributed by atoms with Crippen LogP contribution in [0.25, 0.3) is 10.6 Å². The van der Waals surface area contributed by atoms with Gasteiger partial charge in [-0.15, -0.1) is 11.3 Å². The summed E-state index contributed by atoms with van der Waals surface area (Å²) < 4.78 is 40.3. The van der Waals surface area contributed by atoms with Crippen LogP contribution < -0.4 is 5.73 Å². The van der Waals surface area contributed by atoms with Crippen LogP contribution >= 0.6 is 23.1 Å². The van der Waals surface area contributed by atoms with Crippen molar-refractivity contribution in [2.75, 3.05) is 5.73 Å². The summed E-state index contributed by atoms with van der Waals surface area (Å²) in [7, 11) is 0. The van der Waals surface area contributed by atoms with Crippen molar-refractivity contribution in [1.29, 1.82) is 0 Å². The third kappa shape index (κ3) is 4.25. The van der Waals surface area contributed by atoms with Gasteiger partial charge in [-0.1, -0.05) is 48.2 Å². The third-order valence-corrected chi connectivity index (χ3v) is 5.80. The zero-order valence-electron chi connectivity index (χ0n) is 13.6. The number of hydrogen-bond donors (Lipinski definition) is 2. The normalized spacial score (nSPS) is 12.7. The Bertz CT molecular complexity index is 945. The van der Waals surface area contributed by atoms with Gasteiger partial charge in [-0.3, -0.25) is 4.79 Å². The molecule has 0 radical (unpaired) electrons. The van der Waals surface area contributed by atoms with Gasteiger partial charge in [-0.25, -0.2) is 4.98 Å². The van der Waals surface area contributed by atoms with Crippen LogP contribution in [0.3, 0.4) is 0 Å². The van der Waals surface area contributed by atoms with E-state index < -0.39 is 28.6 Å². The van der Waals surface area contributed by atoms with Gasteiger partial charge >= 0.3 is 12.1 Å². The summed E-state index contributed by atoms with van der Waals surface area (Å²) in [6.45, 7) is 0. The summed E-state index contributed by atoms with van der Waals surface area (Å²) in [5.74, 6) is -1.19. The quantitative estimate of drug-likeness (QED) is 0.556. The van der Waals surface area contributed by atoms with Gasteiger partial charge in [0.05, 0.1) is 21.8 Å². The van der Waals surface area contributed by atoms with Crippen LogP contribution in [0.4, 0.5) is 18.9 Å². The zero-order valence-corrected chi connectivity index (χ0v) is 15.2. The molecule has 0 fully saturated rings. The number of carboxylic acids is 1. The molecule has 1 unspecified atom stereocenters. The van der Waals surface area contributed by atoms with Crippen LogP contribution in [0.1, 0.15) is 16.4 Å². The number of aliphatic carboxylic acids is 1. The van der Waals surface area contributed by atoms with Crippen molar-refractivity contribution < 1.29 is 23.1 Å². The number of benzene rings is 1. The van der Waals surface area contributed by atoms with Crippen molar-refractivity contribution in [1.82, 2.24) is 4.98 Å². The van der Waals surface area contributed by atoms with E-state index in [1.54, 1.807) is 47.8 Å². The summed E-state index contributed by atoms with van der Waals surface area (Å²) in [5.41, 5.74) is 4.66. The fourth-order valence-corrected chi connectivity index (χ4v) is 4.10. The Hall–Kier alpha value is -2.52. The lowest BCUT2D eigenvalue weighted by Gasteiger charge is -2.17. The van der Waals surface area contributed by atoms with E-state index in [1.807, 2.05) is 0 Å². The second kappa shape index (κ2) is 7.61. The Balaban J connectivity index is 2.11. The van der Waals surface area contributed by atoms with Gasteiger partial charge in [0.15, 0.2) is 0 Å². The smallest absolute Gasteiger partial charge is 0.418 e. The van der Waals surface area contributed by atoms with Crippen molar-refractivity contribution in [2.24, 2.45) is 0 Å². The molecule has 0 aliphatic heterocycles. The molecule has 3 N–H and O–H groups in total. The molecule has 0 spiro atoms. The first-order chi connectivity index (χ1) is 12.8. The zero-order chi connectivity index (χ0) is 19.6. The summed E-state index contributed by atoms with van der Waals surface area (Å²) in [6.07, 6.45) is -4.68. The molecule has 0 aliphatic carbocycles. The molecule has 9 heteroatoms. The average Bonchev–Trinajstić information content (AvgIpc) is 3.15. The van der Waals surface area contributed by atoms with E-state index in [1.165, 1.54) is 11.3 Å². The van der Waals surface area contributed by atoms with E-state index in [2.05, 4.69) is 4.98 Å². The van der Waals surface area contributed by atoms with Crippen LogP contribution in [0.15, 0.2) is 58.9 Å². The highest BCUT2D eigenvalue weighted by molar-refractivity contribution is 8.00. The summed E-state index contributed by atoms with van der Waals surface area (Å²) in [5, 5.41) is 9.97. The predicted molar refractivity (Wildman–Crippen MR) is 99.6 cm³/mol. The Morgan fingerprint density at radius 1 is 1.19 bits per heavy atom. The first-order valence-electron chi connectivity index (χ1n) is 7.63. The van der Waals surface area contributed by atoms with Gasteiger partial charge in [0, 0.05) is 0 Å². The Kier molecular flexibility index (Phi) is 5.43. The molecule has 0 amide bonds. The molecule has 1 atom stereocenters. The number of rotatable bonds is 5. The lowest BCUT2D eigenvalue weighted by Crippen LogP contribution is -2.13. The first-order valence-corrected chi connectivity index (χ1v) is 9.39. The number of nitrogen functional groups attached to an aromatic ring is 1. The standard InChI is InChI=1S/C18H13F3N2O2S2/c19-18(20,21)11-9-12(13-7-4-8-26-13)23-16(14(11)22)27-15(17(24)25)10-5-2-1-3-6-10/h1-9,15H,22H2,(H,24,25). The fraction of sp³-hybridized carbons (Fsp3) is 0.111. The van der Waals surface area contributed by atoms with Crippen LogP contribution in [0, 0.1) is 0 Å². The highest BCUT2D eigenvalue weighted by Gasteiger charge is 2.36. The fourth-order valence-electron chi connectivity index (χ4n) is 2.41. The number of pyridine rings is 1. The number of thiophene rings is 1. The molecule has 0 bridgehead atoms. The third-order valence-electron chi connectivity index (χ3n) is 3.66. The topological polar surface area (TPSA) is 76.2 Å². The number of carbonyl (C=O) groups is 1. The Morgan fingerprint density at radius 3 is 2.44 bits per heavy atom. The molecule has 3 aromatic rings. The minimum absolute atomic E-state index is 0.103. The van der Waals surface area contributed by atoms with Crippen LogP contribution in [0.2, 0.25) is 0 Å². The van der Waals surface area contributed by atoms with Crippen molar-refractivity contribution in [3.8, 4) is 10.6 Å². The predicted octanol–water partition coefficient (Wildman–Crippen LogP) is 5.33. The SMILES string of the molecule is Nc1c(C(F)(F)F)cc(-c2cccs2)nc1SC(C(=O)O)c1ccccc1. The molecule has 140 valence electrons. The minimum atomic E-state index is -4.68. The summed E-state index contributed by atoms with van der Waals surface area (Å²) in [4.78, 5) is 16.5. The number of alkyl halides is 3. The Labute approximate surface area is 160 Å². The maximum atomic E-state index is 13.4. The van der Waals surface area contributed by atoms with Crippen molar-refractivity contribution in [3.05, 3.63) is 65.0 Å². The minimum Gasteiger partial charge on any atom is -0.480 e. The molecule has 0 saturated heterocycles. The van der Waals surface area contributed by atoms with Crippen LogP contribution in [-0.2, 0) is 11.0 Å². The second-order valence-corrected chi connectivity index (χ2v) is 7.54. The van der Waals surface area contributed by atoms with Gasteiger partial charge in [0.25, 0.3) is 0 Å². The van der Waals surface area contributed by atoms with Crippen molar-refractivity contribution in [2.45, 2.75) is 16.5 Å². The van der Waals surface area contributed by atoms with Gasteiger partial charge in [-0.05, 0) is 23.1 Å². The van der Waals surface area contributed by atoms with Crippen LogP contribution in [-0.4, -0.2) is 16.1 Å². The second-order valence-electron chi connectivity index (χ2n) is 5.50. The molecular weight excluding hydrogens is 397 g/mol. The molecule has 3 rings (SSSR count). The number of nitrogens with zero attached hydrogens (tertiary/aromatic N) is 1. The first kappa shape index (κ1) is 19.2. The largest absolute Gasteiger partial charge is 0.480 e. The van der Waals surface area contributed by atoms with E-state index in [0.29, 0.717) is 22.2 Å². The van der Waals surface area contributed by atoms with Gasteiger partial charge < -0.3 is 10.8 Å². The number of halogens is 3. The van der Waals surface area contributed by atoms with Gasteiger partial charge in [0.1, 0.15) is 10.3 Å². The highest BCUT2D eigenvalue weighted by Crippen LogP contribution is 2.44. The molecule has 1 aromatic carbocycles. The monoisotopic (exact) mass is 410 g/mol. The molecular formula is C18H13F3N2O2S2. The number of carboxylic acid groups (broad SMARTS) is 1. The Morgan fingerprint density at radius 2 is 1.89 bits per heavy atom. The van der Waals surface area contributed by atoms with Gasteiger partial charge in [-0.2, -0.15) is 13.2 Å². The number of hydrogen-bond acceptors (Lipinski definition) is 5. The summed E-state index contributed by atoms with van der Waals surface area (Å²) >= 11 is 1.92. The molecule has 0 saturated carbocycles. The van der Waals surface area contributed by atoms with Crippen LogP contribution in [0.5, 0.6) is 0 Å². The van der Waals surface area contributed by atoms with E-state index in [9.17, 15) is 23.1 Å². The van der Waals surface area contributed by atoms with E-state index in [-0.39, 0.29) is 10.7 Å². The average molecular weight is 410 g/mol. The molecule has 2 heterocycles. The van der Waals surface area contributed by atoms with E-state index in [4.69, 9.17) is 5.73 Å². The van der Waals surface area contributed by atoms with E-state index >= 15 is 0 Å². The van der Waals surface area contributed by atoms with Gasteiger partial charge in [0.2, 0.25) is 0 Å². The number of thioether (sulfide) groups is 1. The maximum Gasteiger partial charge on any atom is 0.418 e. The van der Waals surface area contributed by atoms with E-state index in [0.717, 1.165) is 6.07 Å². The molecule has 27 heavy (non-hydrogen) atoms. The molecule has 2 aromatic heterocycles. The lowest BCUT2D eigenvalue weighted by molar-refractivity contribution is -0.137. The molecule has 0 aliphatic rings. The maximum absolute atomic E-state index is 13.4. The highest BCUT2D eigenvalue weighted by atomic mass is 32.2. The number of nitrogens with two attached hydrogens (primary N) is 1. The van der Waals surface area contributed by atoms with Crippen molar-refractivity contribution >= 4 is 34.8 Å². The number of anilines is 1. The number of aromatic nitrogens is 1. The lowest BCUT2D eigenvalue weighted by atomic mass is 10.1.